The van der Waals surface area contributed by atoms with Crippen LogP contribution in [0.4, 0.5) is 4.39 Å². The van der Waals surface area contributed by atoms with Gasteiger partial charge >= 0.3 is 5.97 Å². The topological polar surface area (TPSA) is 68.7 Å². The Morgan fingerprint density at radius 2 is 1.74 bits per heavy atom. The summed E-state index contributed by atoms with van der Waals surface area (Å²) >= 11 is 1.65. The van der Waals surface area contributed by atoms with Gasteiger partial charge in [-0.05, 0) is 72.9 Å². The van der Waals surface area contributed by atoms with Crippen LogP contribution >= 0.6 is 11.8 Å². The first-order valence-electron chi connectivity index (χ1n) is 11.0. The largest absolute Gasteiger partial charge is 0.497 e. The van der Waals surface area contributed by atoms with E-state index in [4.69, 9.17) is 14.6 Å². The Balaban J connectivity index is 1.51. The lowest BCUT2D eigenvalue weighted by atomic mass is 10.1. The Labute approximate surface area is 203 Å². The third-order valence-corrected chi connectivity index (χ3v) is 6.07. The number of unbranched alkanes of at least 4 members (excludes halogenated alkanes) is 1. The quantitative estimate of drug-likeness (QED) is 0.233. The maximum atomic E-state index is 13.0. The molecule has 3 rings (SSSR count). The number of rotatable bonds is 13. The van der Waals surface area contributed by atoms with Crippen LogP contribution in [0.3, 0.4) is 0 Å². The fourth-order valence-corrected chi connectivity index (χ4v) is 4.14. The van der Waals surface area contributed by atoms with Crippen molar-refractivity contribution in [3.8, 4) is 11.5 Å². The third-order valence-electron chi connectivity index (χ3n) is 5.04. The third kappa shape index (κ3) is 8.56. The first-order valence-corrected chi connectivity index (χ1v) is 12.2. The van der Waals surface area contributed by atoms with E-state index in [0.717, 1.165) is 48.1 Å². The number of ether oxygens (including phenoxy) is 2. The van der Waals surface area contributed by atoms with Gasteiger partial charge < -0.3 is 14.6 Å². The van der Waals surface area contributed by atoms with Gasteiger partial charge in [-0.15, -0.1) is 0 Å². The SMILES string of the molecule is COc1ccc(CCCCOc2ccc(CSCc3ccc(F)cc3)nc2C=CC(=O)O)cc1. The van der Waals surface area contributed by atoms with Gasteiger partial charge in [0.15, 0.2) is 0 Å². The molecule has 5 nitrogen and oxygen atoms in total. The summed E-state index contributed by atoms with van der Waals surface area (Å²) in [5.74, 6) is 1.50. The van der Waals surface area contributed by atoms with Crippen LogP contribution in [-0.4, -0.2) is 29.8 Å². The molecule has 0 aliphatic heterocycles. The summed E-state index contributed by atoms with van der Waals surface area (Å²) in [6.07, 6.45) is 5.31. The number of aliphatic carboxylic acids is 1. The van der Waals surface area contributed by atoms with Gasteiger partial charge in [0.1, 0.15) is 23.0 Å². The molecule has 0 unspecified atom stereocenters. The van der Waals surface area contributed by atoms with Crippen LogP contribution in [0.1, 0.15) is 35.4 Å². The normalized spacial score (nSPS) is 11.0. The van der Waals surface area contributed by atoms with Gasteiger partial charge in [-0.2, -0.15) is 11.8 Å². The van der Waals surface area contributed by atoms with E-state index < -0.39 is 5.97 Å². The van der Waals surface area contributed by atoms with Crippen molar-refractivity contribution in [2.45, 2.75) is 30.8 Å². The van der Waals surface area contributed by atoms with Gasteiger partial charge in [0.2, 0.25) is 0 Å². The molecule has 1 aromatic heterocycles. The molecule has 3 aromatic rings. The minimum absolute atomic E-state index is 0.249. The lowest BCUT2D eigenvalue weighted by Gasteiger charge is -2.11. The summed E-state index contributed by atoms with van der Waals surface area (Å²) < 4.78 is 24.1. The summed E-state index contributed by atoms with van der Waals surface area (Å²) in [6, 6.07) is 18.2. The van der Waals surface area contributed by atoms with Crippen molar-refractivity contribution in [1.82, 2.24) is 4.98 Å². The van der Waals surface area contributed by atoms with Crippen molar-refractivity contribution in [2.75, 3.05) is 13.7 Å². The van der Waals surface area contributed by atoms with Crippen LogP contribution in [0, 0.1) is 5.82 Å². The van der Waals surface area contributed by atoms with Crippen molar-refractivity contribution in [2.24, 2.45) is 0 Å². The van der Waals surface area contributed by atoms with E-state index in [1.165, 1.54) is 23.8 Å². The van der Waals surface area contributed by atoms with E-state index in [0.29, 0.717) is 23.8 Å². The van der Waals surface area contributed by atoms with Crippen LogP contribution < -0.4 is 9.47 Å². The second-order valence-corrected chi connectivity index (χ2v) is 8.62. The molecule has 1 N–H and O–H groups in total. The number of aromatic nitrogens is 1. The summed E-state index contributed by atoms with van der Waals surface area (Å²) in [6.45, 7) is 0.518. The number of hydrogen-bond acceptors (Lipinski definition) is 5. The molecule has 0 atom stereocenters. The second kappa shape index (κ2) is 13.4. The van der Waals surface area contributed by atoms with Crippen molar-refractivity contribution in [3.05, 3.63) is 95.1 Å². The number of benzene rings is 2. The first-order chi connectivity index (χ1) is 16.5. The van der Waals surface area contributed by atoms with Crippen molar-refractivity contribution in [3.63, 3.8) is 0 Å². The molecule has 0 aliphatic carbocycles. The molecule has 1 heterocycles. The highest BCUT2D eigenvalue weighted by Crippen LogP contribution is 2.23. The van der Waals surface area contributed by atoms with E-state index in [2.05, 4.69) is 17.1 Å². The van der Waals surface area contributed by atoms with Crippen molar-refractivity contribution in [1.29, 1.82) is 0 Å². The zero-order valence-electron chi connectivity index (χ0n) is 19.1. The highest BCUT2D eigenvalue weighted by molar-refractivity contribution is 7.97. The van der Waals surface area contributed by atoms with Crippen LogP contribution in [0.25, 0.3) is 6.08 Å². The fourth-order valence-electron chi connectivity index (χ4n) is 3.24. The summed E-state index contributed by atoms with van der Waals surface area (Å²) in [7, 11) is 1.65. The molecule has 34 heavy (non-hydrogen) atoms. The van der Waals surface area contributed by atoms with E-state index in [-0.39, 0.29) is 5.82 Å². The average molecular weight is 482 g/mol. The zero-order valence-corrected chi connectivity index (χ0v) is 19.9. The monoisotopic (exact) mass is 481 g/mol. The minimum atomic E-state index is -1.04. The summed E-state index contributed by atoms with van der Waals surface area (Å²) in [4.78, 5) is 15.6. The number of nitrogens with zero attached hydrogens (tertiary/aromatic N) is 1. The lowest BCUT2D eigenvalue weighted by Crippen LogP contribution is -2.02. The molecule has 0 saturated carbocycles. The maximum absolute atomic E-state index is 13.0. The van der Waals surface area contributed by atoms with Gasteiger partial charge in [0, 0.05) is 17.6 Å². The number of pyridine rings is 1. The Morgan fingerprint density at radius 3 is 2.44 bits per heavy atom. The Bertz CT molecular complexity index is 1080. The number of thioether (sulfide) groups is 1. The van der Waals surface area contributed by atoms with E-state index in [1.54, 1.807) is 31.0 Å². The molecule has 0 aliphatic rings. The standard InChI is InChI=1S/C27H28FNO4S/c1-32-24-12-7-20(8-13-24)4-2-3-17-33-26-15-11-23(29-25(26)14-16-27(30)31)19-34-18-21-5-9-22(28)10-6-21/h5-16H,2-4,17-19H2,1H3,(H,30,31). The number of halogens is 1. The number of carboxylic acid groups (broad SMARTS) is 1. The van der Waals surface area contributed by atoms with Crippen molar-refractivity contribution >= 4 is 23.8 Å². The molecule has 0 bridgehead atoms. The predicted molar refractivity (Wildman–Crippen MR) is 134 cm³/mol. The number of methoxy groups -OCH3 is 1. The highest BCUT2D eigenvalue weighted by Gasteiger charge is 2.07. The molecule has 0 fully saturated rings. The van der Waals surface area contributed by atoms with Crippen LogP contribution in [0.5, 0.6) is 11.5 Å². The Hall–Kier alpha value is -3.32. The summed E-state index contributed by atoms with van der Waals surface area (Å²) in [5, 5.41) is 9.02. The van der Waals surface area contributed by atoms with E-state index >= 15 is 0 Å². The highest BCUT2D eigenvalue weighted by atomic mass is 32.2. The fraction of sp³-hybridized carbons (Fsp3) is 0.259. The van der Waals surface area contributed by atoms with Crippen LogP contribution in [-0.2, 0) is 22.7 Å². The number of hydrogen-bond donors (Lipinski definition) is 1. The first kappa shape index (κ1) is 25.3. The summed E-state index contributed by atoms with van der Waals surface area (Å²) in [5.41, 5.74) is 3.60. The number of carbonyl (C=O) groups is 1. The molecule has 2 aromatic carbocycles. The molecule has 7 heteroatoms. The lowest BCUT2D eigenvalue weighted by molar-refractivity contribution is -0.131. The molecular weight excluding hydrogens is 453 g/mol. The van der Waals surface area contributed by atoms with Gasteiger partial charge in [-0.1, -0.05) is 24.3 Å². The zero-order chi connectivity index (χ0) is 24.2. The molecular formula is C27H28FNO4S. The van der Waals surface area contributed by atoms with E-state index in [9.17, 15) is 9.18 Å². The minimum Gasteiger partial charge on any atom is -0.497 e. The molecule has 0 amide bonds. The number of aryl methyl sites for hydroxylation is 1. The smallest absolute Gasteiger partial charge is 0.328 e. The molecule has 0 spiro atoms. The van der Waals surface area contributed by atoms with Gasteiger partial charge in [-0.3, -0.25) is 0 Å². The van der Waals surface area contributed by atoms with Crippen LogP contribution in [0.2, 0.25) is 0 Å². The predicted octanol–water partition coefficient (Wildman–Crippen LogP) is 6.16. The van der Waals surface area contributed by atoms with E-state index in [1.807, 2.05) is 24.3 Å². The van der Waals surface area contributed by atoms with Crippen LogP contribution in [0.15, 0.2) is 66.7 Å². The molecule has 178 valence electrons. The second-order valence-electron chi connectivity index (χ2n) is 7.63. The number of carboxylic acids is 1. The Kier molecular flexibility index (Phi) is 9.98. The van der Waals surface area contributed by atoms with Gasteiger partial charge in [0.05, 0.1) is 19.4 Å². The van der Waals surface area contributed by atoms with Gasteiger partial charge in [0.25, 0.3) is 0 Å². The maximum Gasteiger partial charge on any atom is 0.328 e. The molecule has 0 saturated heterocycles. The van der Waals surface area contributed by atoms with Gasteiger partial charge in [-0.25, -0.2) is 14.2 Å². The molecule has 0 radical (unpaired) electrons. The average Bonchev–Trinajstić information content (AvgIpc) is 2.85. The van der Waals surface area contributed by atoms with Crippen molar-refractivity contribution < 1.29 is 23.8 Å². The Morgan fingerprint density at radius 1 is 1.00 bits per heavy atom.